The van der Waals surface area contributed by atoms with Crippen LogP contribution in [-0.2, 0) is 0 Å². The Kier molecular flexibility index (Phi) is 12.0. The topological polar surface area (TPSA) is 72.3 Å². The summed E-state index contributed by atoms with van der Waals surface area (Å²) in [7, 11) is 0. The Bertz CT molecular complexity index is 531. The summed E-state index contributed by atoms with van der Waals surface area (Å²) in [5.41, 5.74) is 20.8. The van der Waals surface area contributed by atoms with Crippen LogP contribution in [0.1, 0.15) is 40.3 Å². The molecule has 0 aromatic heterocycles. The van der Waals surface area contributed by atoms with Crippen molar-refractivity contribution in [3.63, 3.8) is 0 Å². The van der Waals surface area contributed by atoms with E-state index in [1.165, 1.54) is 33.4 Å². The first-order chi connectivity index (χ1) is 10.7. The summed E-state index contributed by atoms with van der Waals surface area (Å²) >= 11 is 0. The molecule has 5 N–H and O–H groups in total. The minimum atomic E-state index is 0. The third-order valence-corrected chi connectivity index (χ3v) is 4.20. The summed E-state index contributed by atoms with van der Waals surface area (Å²) in [6, 6.07) is 8.02. The Hall–Kier alpha value is -1.71. The van der Waals surface area contributed by atoms with Gasteiger partial charge in [-0.15, -0.1) is 12.4 Å². The summed E-state index contributed by atoms with van der Waals surface area (Å²) in [5, 5.41) is 7.57. The highest BCUT2D eigenvalue weighted by molar-refractivity contribution is 5.85. The highest BCUT2D eigenvalue weighted by Crippen LogP contribution is 2.18. The quantitative estimate of drug-likeness (QED) is 0.596. The zero-order valence-electron chi connectivity index (χ0n) is 16.0. The average molecular weight is 353 g/mol. The number of aliphatic hydroxyl groups is 1. The lowest BCUT2D eigenvalue weighted by atomic mass is 10.0. The standard InChI is InChI=1S/2C9H13N.C2H6O.ClH/c2*1-6-4-5-9(10)8(3)7(6)2;1-2-3;/h2*4-5H,10H2,1-3H3;3H,2H2,1H3;1H. The van der Waals surface area contributed by atoms with E-state index >= 15 is 0 Å². The highest BCUT2D eigenvalue weighted by atomic mass is 35.5. The second-order valence-electron chi connectivity index (χ2n) is 5.76. The maximum Gasteiger partial charge on any atom is 0.0402 e. The van der Waals surface area contributed by atoms with Crippen LogP contribution in [0.15, 0.2) is 24.3 Å². The van der Waals surface area contributed by atoms with Crippen molar-refractivity contribution in [1.29, 1.82) is 0 Å². The van der Waals surface area contributed by atoms with Gasteiger partial charge in [-0.1, -0.05) is 12.1 Å². The lowest BCUT2D eigenvalue weighted by molar-refractivity contribution is 0.318. The van der Waals surface area contributed by atoms with E-state index in [9.17, 15) is 0 Å². The van der Waals surface area contributed by atoms with Crippen LogP contribution in [-0.4, -0.2) is 11.7 Å². The predicted molar refractivity (Wildman–Crippen MR) is 110 cm³/mol. The molecular formula is C20H33ClN2O. The minimum absolute atomic E-state index is 0. The van der Waals surface area contributed by atoms with E-state index in [0.29, 0.717) is 0 Å². The molecule has 0 atom stereocenters. The van der Waals surface area contributed by atoms with E-state index in [4.69, 9.17) is 16.6 Å². The number of rotatable bonds is 0. The van der Waals surface area contributed by atoms with Crippen LogP contribution in [0.3, 0.4) is 0 Å². The number of anilines is 2. The van der Waals surface area contributed by atoms with Gasteiger partial charge in [0.15, 0.2) is 0 Å². The van der Waals surface area contributed by atoms with Crippen molar-refractivity contribution in [2.24, 2.45) is 0 Å². The Morgan fingerprint density at radius 3 is 1.12 bits per heavy atom. The first-order valence-corrected chi connectivity index (χ1v) is 7.92. The zero-order chi connectivity index (χ0) is 18.2. The summed E-state index contributed by atoms with van der Waals surface area (Å²) in [4.78, 5) is 0. The molecule has 0 radical (unpaired) electrons. The van der Waals surface area contributed by atoms with Crippen LogP contribution < -0.4 is 11.5 Å². The largest absolute Gasteiger partial charge is 0.399 e. The van der Waals surface area contributed by atoms with Gasteiger partial charge in [-0.25, -0.2) is 0 Å². The summed E-state index contributed by atoms with van der Waals surface area (Å²) in [6.45, 7) is 14.4. The number of nitrogen functional groups attached to an aromatic ring is 2. The number of aliphatic hydroxyl groups excluding tert-OH is 1. The number of hydrogen-bond donors (Lipinski definition) is 3. The van der Waals surface area contributed by atoms with E-state index < -0.39 is 0 Å². The van der Waals surface area contributed by atoms with Gasteiger partial charge in [-0.3, -0.25) is 0 Å². The van der Waals surface area contributed by atoms with Crippen LogP contribution in [0.4, 0.5) is 11.4 Å². The predicted octanol–water partition coefficient (Wildman–Crippen LogP) is 4.81. The summed E-state index contributed by atoms with van der Waals surface area (Å²) < 4.78 is 0. The van der Waals surface area contributed by atoms with E-state index in [1.807, 2.05) is 12.1 Å². The Morgan fingerprint density at radius 2 is 0.917 bits per heavy atom. The van der Waals surface area contributed by atoms with Gasteiger partial charge in [-0.2, -0.15) is 0 Å². The Labute approximate surface area is 153 Å². The molecule has 0 unspecified atom stereocenters. The molecule has 0 fully saturated rings. The fourth-order valence-electron chi connectivity index (χ4n) is 1.95. The number of halogens is 1. The summed E-state index contributed by atoms with van der Waals surface area (Å²) in [6.07, 6.45) is 0. The molecule has 0 aliphatic carbocycles. The fraction of sp³-hybridized carbons (Fsp3) is 0.400. The van der Waals surface area contributed by atoms with Gasteiger partial charge in [0.25, 0.3) is 0 Å². The molecule has 0 heterocycles. The van der Waals surface area contributed by atoms with Crippen molar-refractivity contribution in [3.8, 4) is 0 Å². The Balaban J connectivity index is 0. The first-order valence-electron chi connectivity index (χ1n) is 7.92. The molecule has 136 valence electrons. The molecule has 2 aromatic rings. The van der Waals surface area contributed by atoms with Crippen molar-refractivity contribution >= 4 is 23.8 Å². The van der Waals surface area contributed by atoms with Crippen LogP contribution in [0, 0.1) is 41.5 Å². The van der Waals surface area contributed by atoms with Crippen LogP contribution in [0.2, 0.25) is 0 Å². The van der Waals surface area contributed by atoms with E-state index in [-0.39, 0.29) is 19.0 Å². The SMILES string of the molecule is CCO.Cc1ccc(N)c(C)c1C.Cc1ccc(N)c(C)c1C.Cl. The monoisotopic (exact) mass is 352 g/mol. The zero-order valence-corrected chi connectivity index (χ0v) is 16.8. The van der Waals surface area contributed by atoms with Crippen LogP contribution >= 0.6 is 12.4 Å². The molecule has 0 aliphatic rings. The molecule has 24 heavy (non-hydrogen) atoms. The van der Waals surface area contributed by atoms with Gasteiger partial charge in [-0.05, 0) is 94.0 Å². The average Bonchev–Trinajstić information content (AvgIpc) is 2.52. The molecule has 0 aliphatic heterocycles. The van der Waals surface area contributed by atoms with Gasteiger partial charge in [0.05, 0.1) is 0 Å². The van der Waals surface area contributed by atoms with Gasteiger partial charge in [0.2, 0.25) is 0 Å². The van der Waals surface area contributed by atoms with Crippen LogP contribution in [0.5, 0.6) is 0 Å². The normalized spacial score (nSPS) is 9.00. The van der Waals surface area contributed by atoms with E-state index in [1.54, 1.807) is 6.92 Å². The molecule has 0 bridgehead atoms. The van der Waals surface area contributed by atoms with Crippen molar-refractivity contribution in [2.75, 3.05) is 18.1 Å². The smallest absolute Gasteiger partial charge is 0.0402 e. The van der Waals surface area contributed by atoms with E-state index in [0.717, 1.165) is 11.4 Å². The molecule has 0 amide bonds. The molecule has 2 rings (SSSR count). The van der Waals surface area contributed by atoms with Crippen LogP contribution in [0.25, 0.3) is 0 Å². The molecule has 3 nitrogen and oxygen atoms in total. The molecule has 0 saturated heterocycles. The number of hydrogen-bond acceptors (Lipinski definition) is 3. The Morgan fingerprint density at radius 1 is 0.667 bits per heavy atom. The number of nitrogens with two attached hydrogens (primary N) is 2. The molecule has 4 heteroatoms. The lowest BCUT2D eigenvalue weighted by Crippen LogP contribution is -1.93. The summed E-state index contributed by atoms with van der Waals surface area (Å²) in [5.74, 6) is 0. The van der Waals surface area contributed by atoms with Crippen molar-refractivity contribution in [3.05, 3.63) is 57.6 Å². The minimum Gasteiger partial charge on any atom is -0.399 e. The molecule has 2 aromatic carbocycles. The van der Waals surface area contributed by atoms with Gasteiger partial charge < -0.3 is 16.6 Å². The lowest BCUT2D eigenvalue weighted by Gasteiger charge is -2.05. The van der Waals surface area contributed by atoms with Crippen molar-refractivity contribution in [1.82, 2.24) is 0 Å². The first kappa shape index (κ1) is 24.5. The van der Waals surface area contributed by atoms with E-state index in [2.05, 4.69) is 53.7 Å². The van der Waals surface area contributed by atoms with Gasteiger partial charge in [0, 0.05) is 18.0 Å². The molecule has 0 saturated carbocycles. The van der Waals surface area contributed by atoms with Crippen molar-refractivity contribution < 1.29 is 5.11 Å². The third-order valence-electron chi connectivity index (χ3n) is 4.20. The molecular weight excluding hydrogens is 320 g/mol. The van der Waals surface area contributed by atoms with Crippen molar-refractivity contribution in [2.45, 2.75) is 48.5 Å². The third kappa shape index (κ3) is 7.24. The second-order valence-corrected chi connectivity index (χ2v) is 5.76. The fourth-order valence-corrected chi connectivity index (χ4v) is 1.95. The van der Waals surface area contributed by atoms with Gasteiger partial charge >= 0.3 is 0 Å². The maximum absolute atomic E-state index is 7.57. The second kappa shape index (κ2) is 11.8. The number of benzene rings is 2. The van der Waals surface area contributed by atoms with Gasteiger partial charge in [0.1, 0.15) is 0 Å². The number of aryl methyl sites for hydroxylation is 2. The highest BCUT2D eigenvalue weighted by Gasteiger charge is 1.99. The maximum atomic E-state index is 7.57. The molecule has 0 spiro atoms.